The SMILES string of the molecule is C#Cc1cc(CNCC(=O)OC(C)(C)C)c(C)c(CC(=O)O)c1C. The lowest BCUT2D eigenvalue weighted by atomic mass is 9.91. The van der Waals surface area contributed by atoms with Gasteiger partial charge >= 0.3 is 11.9 Å². The normalized spacial score (nSPS) is 11.0. The molecule has 5 nitrogen and oxygen atoms in total. The van der Waals surface area contributed by atoms with Gasteiger partial charge in [0.2, 0.25) is 0 Å². The quantitative estimate of drug-likeness (QED) is 0.618. The van der Waals surface area contributed by atoms with Gasteiger partial charge in [-0.05, 0) is 62.9 Å². The van der Waals surface area contributed by atoms with E-state index in [0.29, 0.717) is 12.1 Å². The highest BCUT2D eigenvalue weighted by atomic mass is 16.6. The molecule has 0 unspecified atom stereocenters. The van der Waals surface area contributed by atoms with E-state index < -0.39 is 11.6 Å². The van der Waals surface area contributed by atoms with Gasteiger partial charge in [-0.2, -0.15) is 0 Å². The number of esters is 1. The summed E-state index contributed by atoms with van der Waals surface area (Å²) in [6, 6.07) is 1.86. The van der Waals surface area contributed by atoms with E-state index >= 15 is 0 Å². The third-order valence-corrected chi connectivity index (χ3v) is 3.60. The fourth-order valence-corrected chi connectivity index (χ4v) is 2.46. The number of benzene rings is 1. The van der Waals surface area contributed by atoms with Crippen molar-refractivity contribution in [1.82, 2.24) is 5.32 Å². The number of rotatable bonds is 6. The average Bonchev–Trinajstić information content (AvgIpc) is 2.43. The molecule has 0 aromatic heterocycles. The van der Waals surface area contributed by atoms with Crippen molar-refractivity contribution in [1.29, 1.82) is 0 Å². The van der Waals surface area contributed by atoms with Crippen molar-refractivity contribution in [2.24, 2.45) is 0 Å². The molecule has 0 bridgehead atoms. The lowest BCUT2D eigenvalue weighted by Crippen LogP contribution is -2.31. The molecule has 5 heteroatoms. The average molecular weight is 331 g/mol. The minimum Gasteiger partial charge on any atom is -0.481 e. The number of nitrogens with one attached hydrogen (secondary N) is 1. The van der Waals surface area contributed by atoms with Gasteiger partial charge in [-0.15, -0.1) is 6.42 Å². The van der Waals surface area contributed by atoms with Gasteiger partial charge in [0.1, 0.15) is 5.60 Å². The van der Waals surface area contributed by atoms with Gasteiger partial charge in [0.25, 0.3) is 0 Å². The second-order valence-electron chi connectivity index (χ2n) is 6.72. The lowest BCUT2D eigenvalue weighted by molar-refractivity contribution is -0.153. The zero-order valence-corrected chi connectivity index (χ0v) is 14.9. The summed E-state index contributed by atoms with van der Waals surface area (Å²) in [6.07, 6.45) is 5.45. The van der Waals surface area contributed by atoms with Crippen molar-refractivity contribution in [3.8, 4) is 12.3 Å². The zero-order valence-electron chi connectivity index (χ0n) is 14.9. The van der Waals surface area contributed by atoms with Crippen molar-refractivity contribution >= 4 is 11.9 Å². The second kappa shape index (κ2) is 7.98. The molecule has 0 fully saturated rings. The third-order valence-electron chi connectivity index (χ3n) is 3.60. The first-order valence-corrected chi connectivity index (χ1v) is 7.78. The van der Waals surface area contributed by atoms with Crippen molar-refractivity contribution in [2.75, 3.05) is 6.54 Å². The van der Waals surface area contributed by atoms with Crippen LogP contribution in [-0.2, 0) is 27.3 Å². The van der Waals surface area contributed by atoms with Crippen LogP contribution in [0.5, 0.6) is 0 Å². The number of hydrogen-bond acceptors (Lipinski definition) is 4. The summed E-state index contributed by atoms with van der Waals surface area (Å²) < 4.78 is 5.23. The largest absolute Gasteiger partial charge is 0.481 e. The monoisotopic (exact) mass is 331 g/mol. The molecule has 0 atom stereocenters. The standard InChI is InChI=1S/C19H25NO4/c1-7-14-8-15(10-20-11-18(23)24-19(4,5)6)13(3)16(12(14)2)9-17(21)22/h1,8,20H,9-11H2,2-6H3,(H,21,22). The predicted octanol–water partition coefficient (Wildman–Crippen LogP) is 2.34. The van der Waals surface area contributed by atoms with Crippen LogP contribution in [0, 0.1) is 26.2 Å². The molecular formula is C19H25NO4. The zero-order chi connectivity index (χ0) is 18.5. The number of carbonyl (C=O) groups excluding carboxylic acids is 1. The van der Waals surface area contributed by atoms with Gasteiger partial charge < -0.3 is 15.2 Å². The highest BCUT2D eigenvalue weighted by Crippen LogP contribution is 2.23. The van der Waals surface area contributed by atoms with Crippen LogP contribution in [0.2, 0.25) is 0 Å². The first kappa shape index (κ1) is 19.7. The molecule has 0 saturated heterocycles. The van der Waals surface area contributed by atoms with Gasteiger partial charge in [0.15, 0.2) is 0 Å². The lowest BCUT2D eigenvalue weighted by Gasteiger charge is -2.20. The summed E-state index contributed by atoms with van der Waals surface area (Å²) in [5.74, 6) is 1.36. The predicted molar refractivity (Wildman–Crippen MR) is 92.7 cm³/mol. The van der Waals surface area contributed by atoms with Crippen LogP contribution in [-0.4, -0.2) is 29.2 Å². The molecule has 0 radical (unpaired) electrons. The maximum absolute atomic E-state index is 11.7. The minimum atomic E-state index is -0.900. The number of terminal acetylenes is 1. The van der Waals surface area contributed by atoms with Crippen LogP contribution in [0.1, 0.15) is 48.6 Å². The summed E-state index contributed by atoms with van der Waals surface area (Å²) in [6.45, 7) is 9.62. The van der Waals surface area contributed by atoms with E-state index in [1.165, 1.54) is 0 Å². The fourth-order valence-electron chi connectivity index (χ4n) is 2.46. The molecule has 0 saturated carbocycles. The van der Waals surface area contributed by atoms with Crippen molar-refractivity contribution in [3.63, 3.8) is 0 Å². The van der Waals surface area contributed by atoms with Gasteiger partial charge in [0.05, 0.1) is 13.0 Å². The van der Waals surface area contributed by atoms with Crippen molar-refractivity contribution in [3.05, 3.63) is 33.9 Å². The Balaban J connectivity index is 2.90. The van der Waals surface area contributed by atoms with Gasteiger partial charge in [0, 0.05) is 12.1 Å². The Morgan fingerprint density at radius 2 is 1.92 bits per heavy atom. The molecule has 0 aliphatic rings. The maximum atomic E-state index is 11.7. The molecule has 1 rings (SSSR count). The molecule has 130 valence electrons. The number of carbonyl (C=O) groups is 2. The van der Waals surface area contributed by atoms with Crippen LogP contribution in [0.4, 0.5) is 0 Å². The van der Waals surface area contributed by atoms with Gasteiger partial charge in [-0.1, -0.05) is 5.92 Å². The van der Waals surface area contributed by atoms with E-state index in [1.54, 1.807) is 0 Å². The maximum Gasteiger partial charge on any atom is 0.320 e. The van der Waals surface area contributed by atoms with E-state index in [2.05, 4.69) is 11.2 Å². The summed E-state index contributed by atoms with van der Waals surface area (Å²) in [5.41, 5.74) is 3.45. The molecule has 24 heavy (non-hydrogen) atoms. The Labute approximate surface area is 143 Å². The highest BCUT2D eigenvalue weighted by molar-refractivity contribution is 5.73. The van der Waals surface area contributed by atoms with Gasteiger partial charge in [-0.3, -0.25) is 9.59 Å². The summed E-state index contributed by atoms with van der Waals surface area (Å²) in [5, 5.41) is 12.1. The molecule has 1 aromatic rings. The van der Waals surface area contributed by atoms with E-state index in [1.807, 2.05) is 40.7 Å². The van der Waals surface area contributed by atoms with Crippen LogP contribution in [0.15, 0.2) is 6.07 Å². The van der Waals surface area contributed by atoms with Crippen LogP contribution in [0.3, 0.4) is 0 Å². The third kappa shape index (κ3) is 5.71. The number of carboxylic acid groups (broad SMARTS) is 1. The van der Waals surface area contributed by atoms with Gasteiger partial charge in [-0.25, -0.2) is 0 Å². The Morgan fingerprint density at radius 3 is 2.42 bits per heavy atom. The van der Waals surface area contributed by atoms with E-state index in [4.69, 9.17) is 16.3 Å². The highest BCUT2D eigenvalue weighted by Gasteiger charge is 2.17. The van der Waals surface area contributed by atoms with Crippen molar-refractivity contribution in [2.45, 2.75) is 53.2 Å². The number of carboxylic acids is 1. The minimum absolute atomic E-state index is 0.0736. The topological polar surface area (TPSA) is 75.6 Å². The Bertz CT molecular complexity index is 678. The van der Waals surface area contributed by atoms with Crippen LogP contribution >= 0.6 is 0 Å². The molecule has 0 aliphatic heterocycles. The molecule has 0 aliphatic carbocycles. The van der Waals surface area contributed by atoms with E-state index in [0.717, 1.165) is 22.3 Å². The molecular weight excluding hydrogens is 306 g/mol. The number of ether oxygens (including phenoxy) is 1. The van der Waals surface area contributed by atoms with E-state index in [9.17, 15) is 9.59 Å². The molecule has 0 spiro atoms. The first-order chi connectivity index (χ1) is 11.0. The summed E-state index contributed by atoms with van der Waals surface area (Å²) >= 11 is 0. The summed E-state index contributed by atoms with van der Waals surface area (Å²) in [4.78, 5) is 22.8. The first-order valence-electron chi connectivity index (χ1n) is 7.78. The fraction of sp³-hybridized carbons (Fsp3) is 0.474. The van der Waals surface area contributed by atoms with Crippen molar-refractivity contribution < 1.29 is 19.4 Å². The second-order valence-corrected chi connectivity index (χ2v) is 6.72. The van der Waals surface area contributed by atoms with E-state index in [-0.39, 0.29) is 18.9 Å². The Hall–Kier alpha value is -2.32. The van der Waals surface area contributed by atoms with Crippen LogP contribution < -0.4 is 5.32 Å². The number of hydrogen-bond donors (Lipinski definition) is 2. The van der Waals surface area contributed by atoms with Crippen LogP contribution in [0.25, 0.3) is 0 Å². The molecule has 0 amide bonds. The Morgan fingerprint density at radius 1 is 1.29 bits per heavy atom. The Kier molecular flexibility index (Phi) is 6.56. The smallest absolute Gasteiger partial charge is 0.320 e. The number of aliphatic carboxylic acids is 1. The molecule has 1 aromatic carbocycles. The summed E-state index contributed by atoms with van der Waals surface area (Å²) in [7, 11) is 0. The molecule has 0 heterocycles. The molecule has 2 N–H and O–H groups in total.